The maximum Gasteiger partial charge on any atom is 0.138 e. The van der Waals surface area contributed by atoms with Gasteiger partial charge in [-0.25, -0.2) is 0 Å². The Morgan fingerprint density at radius 3 is 2.03 bits per heavy atom. The largest absolute Gasteiger partial charge is 0.488 e. The third-order valence-electron chi connectivity index (χ3n) is 7.53. The molecule has 0 aromatic heterocycles. The molecule has 156 valence electrons. The molecule has 0 radical (unpaired) electrons. The maximum absolute atomic E-state index is 6.88. The number of ether oxygens (including phenoxy) is 1. The van der Waals surface area contributed by atoms with E-state index in [9.17, 15) is 0 Å². The molecular weight excluding hydrogens is 403 g/mol. The Bertz CT molecular complexity index is 849. The van der Waals surface area contributed by atoms with Crippen LogP contribution in [0.2, 0.25) is 0 Å². The molecule has 2 unspecified atom stereocenters. The fourth-order valence-corrected chi connectivity index (χ4v) is 6.04. The molecule has 2 aromatic carbocycles. The standard InChI is InChI=1S/C24H31Cl2N2O/c1-22(19-7-5-4-6-8-19)23(2,24(22,25)26)20-9-11-21(12-10-20)29-18-17-28(3)15-13-27-14-16-28/h4-12,27H,13-18H2,1-3H3/q+1. The van der Waals surface area contributed by atoms with Crippen molar-refractivity contribution in [1.82, 2.24) is 5.32 Å². The van der Waals surface area contributed by atoms with Crippen molar-refractivity contribution in [3.05, 3.63) is 65.7 Å². The molecule has 2 atom stereocenters. The van der Waals surface area contributed by atoms with Crippen LogP contribution in [-0.2, 0) is 10.8 Å². The highest BCUT2D eigenvalue weighted by Crippen LogP contribution is 2.78. The molecule has 4 rings (SSSR count). The summed E-state index contributed by atoms with van der Waals surface area (Å²) in [5.74, 6) is 0.899. The van der Waals surface area contributed by atoms with Crippen molar-refractivity contribution in [3.8, 4) is 5.75 Å². The van der Waals surface area contributed by atoms with E-state index in [2.05, 4.69) is 50.5 Å². The summed E-state index contributed by atoms with van der Waals surface area (Å²) in [4.78, 5) is 0. The number of benzene rings is 2. The molecule has 1 aliphatic carbocycles. The van der Waals surface area contributed by atoms with E-state index in [0.29, 0.717) is 0 Å². The molecule has 0 amide bonds. The lowest BCUT2D eigenvalue weighted by atomic mass is 9.84. The van der Waals surface area contributed by atoms with Gasteiger partial charge in [0, 0.05) is 23.9 Å². The number of nitrogens with zero attached hydrogens (tertiary/aromatic N) is 1. The fraction of sp³-hybridized carbons (Fsp3) is 0.500. The normalized spacial score (nSPS) is 30.0. The monoisotopic (exact) mass is 433 g/mol. The van der Waals surface area contributed by atoms with Crippen molar-refractivity contribution in [2.24, 2.45) is 0 Å². The fourth-order valence-electron chi connectivity index (χ4n) is 4.94. The topological polar surface area (TPSA) is 21.3 Å². The molecule has 0 spiro atoms. The van der Waals surface area contributed by atoms with Gasteiger partial charge in [-0.15, -0.1) is 0 Å². The molecular formula is C24H31Cl2N2O+. The number of piperazine rings is 1. The van der Waals surface area contributed by atoms with Crippen LogP contribution in [0.25, 0.3) is 0 Å². The average Bonchev–Trinajstić information content (AvgIpc) is 3.10. The second-order valence-corrected chi connectivity index (χ2v) is 10.4. The van der Waals surface area contributed by atoms with E-state index in [4.69, 9.17) is 27.9 Å². The Morgan fingerprint density at radius 1 is 0.897 bits per heavy atom. The zero-order chi connectivity index (χ0) is 20.8. The summed E-state index contributed by atoms with van der Waals surface area (Å²) in [6, 6.07) is 18.7. The molecule has 2 aromatic rings. The van der Waals surface area contributed by atoms with Gasteiger partial charge in [-0.2, -0.15) is 0 Å². The first-order valence-corrected chi connectivity index (χ1v) is 11.2. The zero-order valence-electron chi connectivity index (χ0n) is 17.6. The van der Waals surface area contributed by atoms with Crippen LogP contribution >= 0.6 is 23.2 Å². The Morgan fingerprint density at radius 2 is 1.45 bits per heavy atom. The van der Waals surface area contributed by atoms with Gasteiger partial charge < -0.3 is 14.5 Å². The van der Waals surface area contributed by atoms with Gasteiger partial charge in [-0.1, -0.05) is 79.5 Å². The van der Waals surface area contributed by atoms with Gasteiger partial charge in [0.05, 0.1) is 20.1 Å². The van der Waals surface area contributed by atoms with E-state index in [1.165, 1.54) is 5.56 Å². The van der Waals surface area contributed by atoms with Crippen LogP contribution in [0.3, 0.4) is 0 Å². The van der Waals surface area contributed by atoms with Crippen LogP contribution in [0.15, 0.2) is 54.6 Å². The second kappa shape index (κ2) is 7.46. The first-order chi connectivity index (χ1) is 13.7. The van der Waals surface area contributed by atoms with Crippen molar-refractivity contribution in [3.63, 3.8) is 0 Å². The highest BCUT2D eigenvalue weighted by molar-refractivity contribution is 6.54. The maximum atomic E-state index is 6.88. The Balaban J connectivity index is 1.45. The SMILES string of the molecule is CC1(c2ccccc2)C(Cl)(Cl)C1(C)c1ccc(OCC[N+]2(C)CCNCC2)cc1. The molecule has 1 aliphatic heterocycles. The summed E-state index contributed by atoms with van der Waals surface area (Å²) >= 11 is 13.8. The molecule has 1 saturated carbocycles. The van der Waals surface area contributed by atoms with Gasteiger partial charge in [0.1, 0.15) is 23.2 Å². The number of rotatable bonds is 6. The lowest BCUT2D eigenvalue weighted by Gasteiger charge is -2.37. The number of hydrogen-bond acceptors (Lipinski definition) is 2. The zero-order valence-corrected chi connectivity index (χ0v) is 19.1. The van der Waals surface area contributed by atoms with E-state index in [1.54, 1.807) is 0 Å². The average molecular weight is 434 g/mol. The number of hydrogen-bond donors (Lipinski definition) is 1. The first kappa shape index (κ1) is 21.0. The number of quaternary nitrogens is 1. The van der Waals surface area contributed by atoms with Crippen molar-refractivity contribution in [1.29, 1.82) is 0 Å². The molecule has 3 nitrogen and oxygen atoms in total. The number of nitrogens with one attached hydrogen (secondary N) is 1. The van der Waals surface area contributed by atoms with E-state index in [-0.39, 0.29) is 10.8 Å². The molecule has 29 heavy (non-hydrogen) atoms. The van der Waals surface area contributed by atoms with Crippen LogP contribution in [0.5, 0.6) is 5.75 Å². The lowest BCUT2D eigenvalue weighted by Crippen LogP contribution is -2.57. The van der Waals surface area contributed by atoms with Gasteiger partial charge in [0.2, 0.25) is 0 Å². The predicted octanol–water partition coefficient (Wildman–Crippen LogP) is 4.52. The summed E-state index contributed by atoms with van der Waals surface area (Å²) < 4.78 is 6.26. The van der Waals surface area contributed by atoms with E-state index in [0.717, 1.165) is 55.1 Å². The van der Waals surface area contributed by atoms with Crippen molar-refractivity contribution in [2.75, 3.05) is 46.4 Å². The third kappa shape index (κ3) is 3.27. The van der Waals surface area contributed by atoms with Crippen LogP contribution in [0.1, 0.15) is 25.0 Å². The minimum Gasteiger partial charge on any atom is -0.488 e. The summed E-state index contributed by atoms with van der Waals surface area (Å²) in [6.45, 7) is 10.6. The Kier molecular flexibility index (Phi) is 5.40. The van der Waals surface area contributed by atoms with Gasteiger partial charge in [0.15, 0.2) is 0 Å². The summed E-state index contributed by atoms with van der Waals surface area (Å²) in [7, 11) is 2.31. The quantitative estimate of drug-likeness (QED) is 0.533. The molecule has 0 bridgehead atoms. The molecule has 2 fully saturated rings. The summed E-state index contributed by atoms with van der Waals surface area (Å²) in [5, 5.41) is 3.42. The Labute approximate surface area is 184 Å². The highest BCUT2D eigenvalue weighted by Gasteiger charge is 2.82. The van der Waals surface area contributed by atoms with E-state index < -0.39 is 4.33 Å². The first-order valence-electron chi connectivity index (χ1n) is 10.5. The molecule has 1 saturated heterocycles. The van der Waals surface area contributed by atoms with Crippen LogP contribution < -0.4 is 10.1 Å². The predicted molar refractivity (Wildman–Crippen MR) is 121 cm³/mol. The summed E-state index contributed by atoms with van der Waals surface area (Å²) in [6.07, 6.45) is 0. The lowest BCUT2D eigenvalue weighted by molar-refractivity contribution is -0.911. The second-order valence-electron chi connectivity index (χ2n) is 9.10. The van der Waals surface area contributed by atoms with Crippen molar-refractivity contribution >= 4 is 23.2 Å². The minimum atomic E-state index is -0.856. The van der Waals surface area contributed by atoms with Crippen molar-refractivity contribution in [2.45, 2.75) is 29.0 Å². The Hall–Kier alpha value is -1.26. The molecule has 1 N–H and O–H groups in total. The smallest absolute Gasteiger partial charge is 0.138 e. The minimum absolute atomic E-state index is 0.339. The number of halogens is 2. The van der Waals surface area contributed by atoms with E-state index >= 15 is 0 Å². The third-order valence-corrected chi connectivity index (χ3v) is 9.04. The molecule has 1 heterocycles. The number of alkyl halides is 2. The van der Waals surface area contributed by atoms with Crippen LogP contribution in [0, 0.1) is 0 Å². The van der Waals surface area contributed by atoms with Gasteiger partial charge >= 0.3 is 0 Å². The molecule has 2 aliphatic rings. The highest BCUT2D eigenvalue weighted by atomic mass is 35.5. The van der Waals surface area contributed by atoms with Crippen LogP contribution in [0.4, 0.5) is 0 Å². The molecule has 5 heteroatoms. The summed E-state index contributed by atoms with van der Waals surface area (Å²) in [5.41, 5.74) is 1.61. The number of likely N-dealkylation sites (N-methyl/N-ethyl adjacent to an activating group) is 1. The van der Waals surface area contributed by atoms with Gasteiger partial charge in [-0.3, -0.25) is 0 Å². The van der Waals surface area contributed by atoms with Gasteiger partial charge in [0.25, 0.3) is 0 Å². The van der Waals surface area contributed by atoms with E-state index in [1.807, 2.05) is 30.3 Å². The van der Waals surface area contributed by atoms with Gasteiger partial charge in [-0.05, 0) is 23.3 Å². The van der Waals surface area contributed by atoms with Crippen LogP contribution in [-0.4, -0.2) is 55.2 Å². The van der Waals surface area contributed by atoms with Crippen molar-refractivity contribution < 1.29 is 9.22 Å².